The number of carbonyl (C=O) groups excluding carboxylic acids is 2. The summed E-state index contributed by atoms with van der Waals surface area (Å²) in [5.41, 5.74) is 0.669. The minimum absolute atomic E-state index is 0.151. The zero-order valence-electron chi connectivity index (χ0n) is 15.5. The Morgan fingerprint density at radius 3 is 2.21 bits per heavy atom. The summed E-state index contributed by atoms with van der Waals surface area (Å²) in [5, 5.41) is 0. The number of carbonyl (C=O) groups is 2. The molecule has 0 aliphatic heterocycles. The number of nitrogens with zero attached hydrogens (tertiary/aromatic N) is 2. The molecule has 0 aliphatic carbocycles. The van der Waals surface area contributed by atoms with E-state index in [2.05, 4.69) is 0 Å². The second-order valence-corrected chi connectivity index (χ2v) is 7.89. The molecule has 0 saturated carbocycles. The lowest BCUT2D eigenvalue weighted by Gasteiger charge is -2.21. The highest BCUT2D eigenvalue weighted by Crippen LogP contribution is 2.15. The molecule has 0 atom stereocenters. The fraction of sp³-hybridized carbons (Fsp3) is 0.263. The van der Waals surface area contributed by atoms with Gasteiger partial charge in [-0.1, -0.05) is 18.2 Å². The molecule has 0 aromatic heterocycles. The monoisotopic (exact) mass is 408 g/mol. The molecule has 0 heterocycles. The number of likely N-dealkylation sites (N-methyl/N-ethyl adjacent to an activating group) is 2. The van der Waals surface area contributed by atoms with Crippen LogP contribution in [0.5, 0.6) is 0 Å². The standard InChI is InChI=1S/C19H21FN2O5S/c1-3-22(16-7-5-4-6-8-16)18(23)14-27-19(24)13-21(2)28(25,26)17-11-9-15(20)10-12-17/h4-12H,3,13-14H2,1-2H3. The molecule has 0 unspecified atom stereocenters. The Morgan fingerprint density at radius 2 is 1.64 bits per heavy atom. The topological polar surface area (TPSA) is 84.0 Å². The molecule has 2 rings (SSSR count). The largest absolute Gasteiger partial charge is 0.455 e. The predicted molar refractivity (Wildman–Crippen MR) is 102 cm³/mol. The minimum Gasteiger partial charge on any atom is -0.455 e. The van der Waals surface area contributed by atoms with Crippen molar-refractivity contribution < 1.29 is 27.1 Å². The van der Waals surface area contributed by atoms with E-state index in [0.29, 0.717) is 12.2 Å². The number of anilines is 1. The maximum absolute atomic E-state index is 13.0. The van der Waals surface area contributed by atoms with Crippen molar-refractivity contribution in [2.75, 3.05) is 31.6 Å². The first-order chi connectivity index (χ1) is 13.3. The summed E-state index contributed by atoms with van der Waals surface area (Å²) in [5.74, 6) is -1.87. The van der Waals surface area contributed by atoms with Crippen LogP contribution in [0.15, 0.2) is 59.5 Å². The lowest BCUT2D eigenvalue weighted by atomic mass is 10.3. The average Bonchev–Trinajstić information content (AvgIpc) is 2.68. The Labute approximate surface area is 163 Å². The van der Waals surface area contributed by atoms with E-state index in [-0.39, 0.29) is 4.90 Å². The van der Waals surface area contributed by atoms with Crippen molar-refractivity contribution in [1.82, 2.24) is 4.31 Å². The van der Waals surface area contributed by atoms with Crippen LogP contribution >= 0.6 is 0 Å². The Hall–Kier alpha value is -2.78. The molecule has 9 heteroatoms. The van der Waals surface area contributed by atoms with Crippen molar-refractivity contribution in [2.24, 2.45) is 0 Å². The summed E-state index contributed by atoms with van der Waals surface area (Å²) in [7, 11) is -2.78. The summed E-state index contributed by atoms with van der Waals surface area (Å²) >= 11 is 0. The van der Waals surface area contributed by atoms with Crippen molar-refractivity contribution in [2.45, 2.75) is 11.8 Å². The lowest BCUT2D eigenvalue weighted by Crippen LogP contribution is -2.37. The highest BCUT2D eigenvalue weighted by Gasteiger charge is 2.24. The highest BCUT2D eigenvalue weighted by atomic mass is 32.2. The maximum Gasteiger partial charge on any atom is 0.321 e. The summed E-state index contributed by atoms with van der Waals surface area (Å²) in [6.07, 6.45) is 0. The molecule has 150 valence electrons. The number of para-hydroxylation sites is 1. The molecule has 0 radical (unpaired) electrons. The van der Waals surface area contributed by atoms with E-state index in [4.69, 9.17) is 4.74 Å². The zero-order chi connectivity index (χ0) is 20.7. The summed E-state index contributed by atoms with van der Waals surface area (Å²) in [6.45, 7) is 1.09. The number of amides is 1. The summed E-state index contributed by atoms with van der Waals surface area (Å²) in [4.78, 5) is 25.6. The zero-order valence-corrected chi connectivity index (χ0v) is 16.4. The number of hydrogen-bond donors (Lipinski definition) is 0. The van der Waals surface area contributed by atoms with E-state index in [0.717, 1.165) is 28.6 Å². The predicted octanol–water partition coefficient (Wildman–Crippen LogP) is 2.04. The van der Waals surface area contributed by atoms with Gasteiger partial charge < -0.3 is 9.64 Å². The molecule has 1 amide bonds. The van der Waals surface area contributed by atoms with Crippen molar-refractivity contribution in [1.29, 1.82) is 0 Å². The number of halogens is 1. The van der Waals surface area contributed by atoms with Gasteiger partial charge in [-0.15, -0.1) is 0 Å². The molecule has 2 aromatic carbocycles. The second kappa shape index (κ2) is 9.43. The van der Waals surface area contributed by atoms with Gasteiger partial charge >= 0.3 is 5.97 Å². The van der Waals surface area contributed by atoms with Gasteiger partial charge in [0.25, 0.3) is 5.91 Å². The molecule has 0 saturated heterocycles. The third-order valence-electron chi connectivity index (χ3n) is 3.92. The number of esters is 1. The van der Waals surface area contributed by atoms with Crippen LogP contribution in [0.4, 0.5) is 10.1 Å². The van der Waals surface area contributed by atoms with E-state index in [1.165, 1.54) is 11.9 Å². The van der Waals surface area contributed by atoms with E-state index in [1.807, 2.05) is 6.07 Å². The molecule has 0 N–H and O–H groups in total. The normalized spacial score (nSPS) is 11.3. The third kappa shape index (κ3) is 5.37. The Morgan fingerprint density at radius 1 is 1.04 bits per heavy atom. The van der Waals surface area contributed by atoms with Crippen molar-refractivity contribution in [3.8, 4) is 0 Å². The molecule has 0 aliphatic rings. The SMILES string of the molecule is CCN(C(=O)COC(=O)CN(C)S(=O)(=O)c1ccc(F)cc1)c1ccccc1. The first kappa shape index (κ1) is 21.5. The van der Waals surface area contributed by atoms with Gasteiger partial charge in [-0.05, 0) is 43.3 Å². The second-order valence-electron chi connectivity index (χ2n) is 5.85. The van der Waals surface area contributed by atoms with Gasteiger partial charge in [0, 0.05) is 19.3 Å². The van der Waals surface area contributed by atoms with E-state index in [9.17, 15) is 22.4 Å². The van der Waals surface area contributed by atoms with Crippen LogP contribution in [0.3, 0.4) is 0 Å². The molecule has 0 spiro atoms. The Balaban J connectivity index is 1.94. The first-order valence-electron chi connectivity index (χ1n) is 8.48. The number of rotatable bonds is 8. The van der Waals surface area contributed by atoms with Crippen molar-refractivity contribution >= 4 is 27.6 Å². The van der Waals surface area contributed by atoms with Crippen LogP contribution in [0.2, 0.25) is 0 Å². The van der Waals surface area contributed by atoms with Crippen LogP contribution in [0.1, 0.15) is 6.92 Å². The molecule has 7 nitrogen and oxygen atoms in total. The van der Waals surface area contributed by atoms with E-state index < -0.39 is 40.9 Å². The molecular formula is C19H21FN2O5S. The van der Waals surface area contributed by atoms with Gasteiger partial charge in [-0.2, -0.15) is 4.31 Å². The number of benzene rings is 2. The summed E-state index contributed by atoms with van der Waals surface area (Å²) in [6, 6.07) is 13.1. The van der Waals surface area contributed by atoms with Crippen molar-refractivity contribution in [3.63, 3.8) is 0 Å². The van der Waals surface area contributed by atoms with Crippen LogP contribution in [-0.2, 0) is 24.3 Å². The molecular weight excluding hydrogens is 387 g/mol. The van der Waals surface area contributed by atoms with Crippen LogP contribution in [-0.4, -0.2) is 51.3 Å². The van der Waals surface area contributed by atoms with Crippen LogP contribution < -0.4 is 4.90 Å². The Bertz CT molecular complexity index is 917. The maximum atomic E-state index is 13.0. The van der Waals surface area contributed by atoms with E-state index in [1.54, 1.807) is 31.2 Å². The third-order valence-corrected chi connectivity index (χ3v) is 5.73. The lowest BCUT2D eigenvalue weighted by molar-refractivity contribution is -0.147. The fourth-order valence-corrected chi connectivity index (χ4v) is 3.55. The summed E-state index contributed by atoms with van der Waals surface area (Å²) < 4.78 is 43.4. The number of sulfonamides is 1. The molecule has 0 bridgehead atoms. The van der Waals surface area contributed by atoms with Gasteiger partial charge in [0.2, 0.25) is 10.0 Å². The Kier molecular flexibility index (Phi) is 7.24. The fourth-order valence-electron chi connectivity index (χ4n) is 2.43. The first-order valence-corrected chi connectivity index (χ1v) is 9.92. The number of ether oxygens (including phenoxy) is 1. The quantitative estimate of drug-likeness (QED) is 0.624. The molecule has 0 fully saturated rings. The van der Waals surface area contributed by atoms with Crippen LogP contribution in [0.25, 0.3) is 0 Å². The van der Waals surface area contributed by atoms with Crippen LogP contribution in [0, 0.1) is 5.82 Å². The van der Waals surface area contributed by atoms with Gasteiger partial charge in [-0.3, -0.25) is 9.59 Å². The molecule has 28 heavy (non-hydrogen) atoms. The van der Waals surface area contributed by atoms with Gasteiger partial charge in [0.1, 0.15) is 12.4 Å². The van der Waals surface area contributed by atoms with Gasteiger partial charge in [-0.25, -0.2) is 12.8 Å². The van der Waals surface area contributed by atoms with Gasteiger partial charge in [0.15, 0.2) is 6.61 Å². The smallest absolute Gasteiger partial charge is 0.321 e. The van der Waals surface area contributed by atoms with E-state index >= 15 is 0 Å². The van der Waals surface area contributed by atoms with Crippen molar-refractivity contribution in [3.05, 3.63) is 60.4 Å². The van der Waals surface area contributed by atoms with Gasteiger partial charge in [0.05, 0.1) is 4.90 Å². The average molecular weight is 408 g/mol. The minimum atomic E-state index is -3.98. The number of hydrogen-bond acceptors (Lipinski definition) is 5. The molecule has 2 aromatic rings. The highest BCUT2D eigenvalue weighted by molar-refractivity contribution is 7.89.